The number of aliphatic carboxylic acids is 1. The van der Waals surface area contributed by atoms with Gasteiger partial charge in [-0.05, 0) is 35.9 Å². The normalized spacial score (nSPS) is 13.0. The summed E-state index contributed by atoms with van der Waals surface area (Å²) in [5.74, 6) is -1.87. The number of halogens is 1. The van der Waals surface area contributed by atoms with Gasteiger partial charge in [0.1, 0.15) is 11.9 Å². The van der Waals surface area contributed by atoms with Crippen molar-refractivity contribution in [2.75, 3.05) is 0 Å². The molecule has 0 saturated heterocycles. The molecule has 25 heavy (non-hydrogen) atoms. The molecule has 0 spiro atoms. The van der Waals surface area contributed by atoms with E-state index in [0.717, 1.165) is 35.2 Å². The molecular weight excluding hydrogens is 347 g/mol. The van der Waals surface area contributed by atoms with Crippen molar-refractivity contribution in [3.8, 4) is 0 Å². The maximum Gasteiger partial charge on any atom is 0.322 e. The Morgan fingerprint density at radius 3 is 2.52 bits per heavy atom. The van der Waals surface area contributed by atoms with Crippen LogP contribution in [0.5, 0.6) is 0 Å². The molecule has 6 nitrogen and oxygen atoms in total. The summed E-state index contributed by atoms with van der Waals surface area (Å²) < 4.78 is 39.8. The van der Waals surface area contributed by atoms with E-state index < -0.39 is 27.9 Å². The fourth-order valence-corrected chi connectivity index (χ4v) is 3.76. The number of aromatic nitrogens is 1. The topological polar surface area (TPSA) is 99.3 Å². The summed E-state index contributed by atoms with van der Waals surface area (Å²) >= 11 is 0. The summed E-state index contributed by atoms with van der Waals surface area (Å²) in [4.78, 5) is 14.4. The molecule has 1 heterocycles. The number of nitrogens with one attached hydrogen (secondary N) is 2. The third kappa shape index (κ3) is 3.70. The molecule has 0 aliphatic rings. The predicted octanol–water partition coefficient (Wildman–Crippen LogP) is 2.28. The summed E-state index contributed by atoms with van der Waals surface area (Å²) in [6.07, 6.45) is 1.63. The highest BCUT2D eigenvalue weighted by atomic mass is 32.2. The van der Waals surface area contributed by atoms with Gasteiger partial charge in [0.05, 0.1) is 4.90 Å². The lowest BCUT2D eigenvalue weighted by Gasteiger charge is -2.14. The molecule has 0 unspecified atom stereocenters. The van der Waals surface area contributed by atoms with Crippen LogP contribution in [-0.4, -0.2) is 30.5 Å². The van der Waals surface area contributed by atoms with Crippen LogP contribution >= 0.6 is 0 Å². The molecule has 0 aliphatic carbocycles. The highest BCUT2D eigenvalue weighted by molar-refractivity contribution is 7.89. The van der Waals surface area contributed by atoms with Crippen LogP contribution in [0.4, 0.5) is 4.39 Å². The zero-order valence-corrected chi connectivity index (χ0v) is 13.8. The van der Waals surface area contributed by atoms with Crippen LogP contribution in [-0.2, 0) is 21.2 Å². The van der Waals surface area contributed by atoms with Crippen molar-refractivity contribution in [1.82, 2.24) is 9.71 Å². The van der Waals surface area contributed by atoms with Gasteiger partial charge in [0, 0.05) is 23.5 Å². The number of H-pyrrole nitrogens is 1. The molecule has 3 N–H and O–H groups in total. The lowest BCUT2D eigenvalue weighted by Crippen LogP contribution is -2.42. The number of rotatable bonds is 6. The number of aromatic amines is 1. The van der Waals surface area contributed by atoms with Crippen LogP contribution < -0.4 is 4.72 Å². The van der Waals surface area contributed by atoms with Gasteiger partial charge in [0.25, 0.3) is 0 Å². The average molecular weight is 362 g/mol. The van der Waals surface area contributed by atoms with Gasteiger partial charge in [-0.25, -0.2) is 12.8 Å². The van der Waals surface area contributed by atoms with E-state index in [-0.39, 0.29) is 11.3 Å². The van der Waals surface area contributed by atoms with Crippen molar-refractivity contribution in [1.29, 1.82) is 0 Å². The molecule has 8 heteroatoms. The van der Waals surface area contributed by atoms with Crippen LogP contribution in [0.3, 0.4) is 0 Å². The number of benzene rings is 2. The molecule has 0 saturated carbocycles. The van der Waals surface area contributed by atoms with Crippen LogP contribution in [0, 0.1) is 5.82 Å². The second-order valence-corrected chi connectivity index (χ2v) is 7.24. The van der Waals surface area contributed by atoms with E-state index in [9.17, 15) is 22.7 Å². The van der Waals surface area contributed by atoms with Crippen molar-refractivity contribution < 1.29 is 22.7 Å². The summed E-state index contributed by atoms with van der Waals surface area (Å²) in [5, 5.41) is 10.2. The maximum atomic E-state index is 13.0. The van der Waals surface area contributed by atoms with E-state index in [4.69, 9.17) is 0 Å². The number of carbonyl (C=O) groups is 1. The van der Waals surface area contributed by atoms with Gasteiger partial charge in [-0.2, -0.15) is 4.72 Å². The summed E-state index contributed by atoms with van der Waals surface area (Å²) in [7, 11) is -4.09. The summed E-state index contributed by atoms with van der Waals surface area (Å²) in [5.41, 5.74) is 1.52. The number of carboxylic acids is 1. The molecule has 2 aromatic carbocycles. The first kappa shape index (κ1) is 17.1. The molecule has 0 amide bonds. The number of para-hydroxylation sites is 1. The van der Waals surface area contributed by atoms with Crippen molar-refractivity contribution in [2.24, 2.45) is 0 Å². The van der Waals surface area contributed by atoms with Crippen LogP contribution in [0.25, 0.3) is 10.9 Å². The van der Waals surface area contributed by atoms with Gasteiger partial charge < -0.3 is 10.1 Å². The Hall–Kier alpha value is -2.71. The number of hydrogen-bond donors (Lipinski definition) is 3. The Balaban J connectivity index is 1.86. The van der Waals surface area contributed by atoms with E-state index in [2.05, 4.69) is 9.71 Å². The second kappa shape index (κ2) is 6.66. The van der Waals surface area contributed by atoms with Crippen molar-refractivity contribution in [3.63, 3.8) is 0 Å². The minimum atomic E-state index is -4.09. The van der Waals surface area contributed by atoms with Crippen molar-refractivity contribution in [2.45, 2.75) is 17.4 Å². The summed E-state index contributed by atoms with van der Waals surface area (Å²) in [6.45, 7) is 0. The zero-order valence-electron chi connectivity index (χ0n) is 12.9. The lowest BCUT2D eigenvalue weighted by molar-refractivity contribution is -0.138. The zero-order chi connectivity index (χ0) is 18.0. The fourth-order valence-electron chi connectivity index (χ4n) is 2.57. The Labute approximate surface area is 143 Å². The number of carboxylic acid groups (broad SMARTS) is 1. The third-order valence-electron chi connectivity index (χ3n) is 3.82. The largest absolute Gasteiger partial charge is 0.480 e. The maximum absolute atomic E-state index is 13.0. The lowest BCUT2D eigenvalue weighted by atomic mass is 10.1. The standard InChI is InChI=1S/C17H15FN2O4S/c18-12-5-7-13(8-6-12)25(23,24)20-16(17(21)22)9-11-10-19-15-4-2-1-3-14(11)15/h1-8,10,16,19-20H,9H2,(H,21,22)/t16-/m0/s1. The molecule has 3 aromatic rings. The first-order valence-corrected chi connectivity index (χ1v) is 8.91. The highest BCUT2D eigenvalue weighted by Gasteiger charge is 2.26. The number of hydrogen-bond acceptors (Lipinski definition) is 3. The van der Waals surface area contributed by atoms with Gasteiger partial charge in [0.15, 0.2) is 0 Å². The van der Waals surface area contributed by atoms with Gasteiger partial charge in [-0.1, -0.05) is 18.2 Å². The number of fused-ring (bicyclic) bond motifs is 1. The monoisotopic (exact) mass is 362 g/mol. The Morgan fingerprint density at radius 1 is 1.16 bits per heavy atom. The molecular formula is C17H15FN2O4S. The predicted molar refractivity (Wildman–Crippen MR) is 90.1 cm³/mol. The van der Waals surface area contributed by atoms with Gasteiger partial charge >= 0.3 is 5.97 Å². The smallest absolute Gasteiger partial charge is 0.322 e. The van der Waals surface area contributed by atoms with Crippen LogP contribution in [0.1, 0.15) is 5.56 Å². The molecule has 130 valence electrons. The van der Waals surface area contributed by atoms with Crippen molar-refractivity contribution in [3.05, 3.63) is 66.1 Å². The highest BCUT2D eigenvalue weighted by Crippen LogP contribution is 2.20. The molecule has 0 fully saturated rings. The van der Waals surface area contributed by atoms with E-state index in [0.29, 0.717) is 5.56 Å². The minimum absolute atomic E-state index is 0.0280. The van der Waals surface area contributed by atoms with Crippen molar-refractivity contribution >= 4 is 26.9 Å². The van der Waals surface area contributed by atoms with E-state index in [1.807, 2.05) is 24.3 Å². The van der Waals surface area contributed by atoms with E-state index in [1.54, 1.807) is 6.20 Å². The van der Waals surface area contributed by atoms with Gasteiger partial charge in [-0.3, -0.25) is 4.79 Å². The molecule has 3 rings (SSSR count). The average Bonchev–Trinajstić information content (AvgIpc) is 2.97. The quantitative estimate of drug-likeness (QED) is 0.626. The first-order chi connectivity index (χ1) is 11.9. The Kier molecular flexibility index (Phi) is 4.56. The Morgan fingerprint density at radius 2 is 1.84 bits per heavy atom. The van der Waals surface area contributed by atoms with Gasteiger partial charge in [-0.15, -0.1) is 0 Å². The summed E-state index contributed by atoms with van der Waals surface area (Å²) in [6, 6.07) is 10.2. The van der Waals surface area contributed by atoms with E-state index >= 15 is 0 Å². The second-order valence-electron chi connectivity index (χ2n) is 5.53. The SMILES string of the molecule is O=C(O)[C@H](Cc1c[nH]c2ccccc12)NS(=O)(=O)c1ccc(F)cc1. The molecule has 0 bridgehead atoms. The van der Waals surface area contributed by atoms with Crippen LogP contribution in [0.15, 0.2) is 59.6 Å². The molecule has 0 radical (unpaired) electrons. The number of sulfonamides is 1. The molecule has 0 aliphatic heterocycles. The van der Waals surface area contributed by atoms with Gasteiger partial charge in [0.2, 0.25) is 10.0 Å². The molecule has 1 atom stereocenters. The molecule has 1 aromatic heterocycles. The minimum Gasteiger partial charge on any atom is -0.480 e. The first-order valence-electron chi connectivity index (χ1n) is 7.42. The third-order valence-corrected chi connectivity index (χ3v) is 5.31. The fraction of sp³-hybridized carbons (Fsp3) is 0.118. The van der Waals surface area contributed by atoms with Crippen LogP contribution in [0.2, 0.25) is 0 Å². The van der Waals surface area contributed by atoms with E-state index in [1.165, 1.54) is 0 Å². The Bertz CT molecular complexity index is 1010.